The van der Waals surface area contributed by atoms with Crippen molar-refractivity contribution in [2.24, 2.45) is 5.73 Å². The molecule has 0 bridgehead atoms. The fourth-order valence-electron chi connectivity index (χ4n) is 1.19. The van der Waals surface area contributed by atoms with E-state index in [0.717, 1.165) is 14.8 Å². The van der Waals surface area contributed by atoms with E-state index in [4.69, 9.17) is 5.73 Å². The number of halogens is 1. The zero-order valence-electron chi connectivity index (χ0n) is 9.80. The maximum absolute atomic E-state index is 11.9. The summed E-state index contributed by atoms with van der Waals surface area (Å²) in [5.41, 5.74) is 6.94. The highest BCUT2D eigenvalue weighted by atomic mass is 127. The highest BCUT2D eigenvalue weighted by molar-refractivity contribution is 14.1. The van der Waals surface area contributed by atoms with Crippen LogP contribution in [0.15, 0.2) is 18.2 Å². The first-order valence-electron chi connectivity index (χ1n) is 5.23. The van der Waals surface area contributed by atoms with E-state index in [-0.39, 0.29) is 5.91 Å². The van der Waals surface area contributed by atoms with Gasteiger partial charge in [0.1, 0.15) is 0 Å². The third-order valence-electron chi connectivity index (χ3n) is 2.69. The number of amides is 1. The van der Waals surface area contributed by atoms with Crippen LogP contribution < -0.4 is 11.1 Å². The molecule has 88 valence electrons. The molecule has 0 aliphatic rings. The summed E-state index contributed by atoms with van der Waals surface area (Å²) in [5, 5.41) is 2.86. The summed E-state index contributed by atoms with van der Waals surface area (Å²) in [6.07, 6.45) is 0.613. The van der Waals surface area contributed by atoms with Crippen molar-refractivity contribution in [3.63, 3.8) is 0 Å². The van der Waals surface area contributed by atoms with E-state index in [1.54, 1.807) is 6.92 Å². The molecule has 1 unspecified atom stereocenters. The van der Waals surface area contributed by atoms with Crippen molar-refractivity contribution in [1.82, 2.24) is 0 Å². The highest BCUT2D eigenvalue weighted by Crippen LogP contribution is 2.19. The molecule has 0 saturated heterocycles. The summed E-state index contributed by atoms with van der Waals surface area (Å²) in [6.45, 7) is 5.61. The van der Waals surface area contributed by atoms with Crippen LogP contribution in [0.1, 0.15) is 25.8 Å². The van der Waals surface area contributed by atoms with Gasteiger partial charge < -0.3 is 11.1 Å². The van der Waals surface area contributed by atoms with Crippen LogP contribution >= 0.6 is 22.6 Å². The summed E-state index contributed by atoms with van der Waals surface area (Å²) >= 11 is 2.24. The Bertz CT molecular complexity index is 402. The first-order valence-corrected chi connectivity index (χ1v) is 6.31. The van der Waals surface area contributed by atoms with Crippen LogP contribution in [0.5, 0.6) is 0 Å². The van der Waals surface area contributed by atoms with E-state index in [1.807, 2.05) is 32.0 Å². The minimum atomic E-state index is -0.810. The fourth-order valence-corrected chi connectivity index (χ4v) is 1.84. The first-order chi connectivity index (χ1) is 7.36. The van der Waals surface area contributed by atoms with Crippen LogP contribution in [-0.2, 0) is 4.79 Å². The average Bonchev–Trinajstić information content (AvgIpc) is 2.22. The number of aryl methyl sites for hydroxylation is 1. The zero-order valence-corrected chi connectivity index (χ0v) is 12.0. The lowest BCUT2D eigenvalue weighted by molar-refractivity contribution is -0.120. The van der Waals surface area contributed by atoms with Crippen molar-refractivity contribution in [2.45, 2.75) is 32.7 Å². The molecule has 0 aliphatic heterocycles. The van der Waals surface area contributed by atoms with E-state index in [9.17, 15) is 4.79 Å². The van der Waals surface area contributed by atoms with Gasteiger partial charge in [-0.3, -0.25) is 4.79 Å². The van der Waals surface area contributed by atoms with Crippen LogP contribution in [0.4, 0.5) is 5.69 Å². The predicted molar refractivity (Wildman–Crippen MR) is 75.4 cm³/mol. The lowest BCUT2D eigenvalue weighted by Gasteiger charge is -2.22. The number of hydrogen-bond donors (Lipinski definition) is 2. The number of hydrogen-bond acceptors (Lipinski definition) is 2. The molecule has 16 heavy (non-hydrogen) atoms. The fraction of sp³-hybridized carbons (Fsp3) is 0.417. The predicted octanol–water partition coefficient (Wildman–Crippen LogP) is 2.67. The minimum Gasteiger partial charge on any atom is -0.324 e. The molecule has 1 amide bonds. The van der Waals surface area contributed by atoms with Gasteiger partial charge in [0.25, 0.3) is 0 Å². The lowest BCUT2D eigenvalue weighted by Crippen LogP contribution is -2.47. The van der Waals surface area contributed by atoms with Gasteiger partial charge in [-0.15, -0.1) is 0 Å². The largest absolute Gasteiger partial charge is 0.324 e. The van der Waals surface area contributed by atoms with Crippen molar-refractivity contribution in [3.05, 3.63) is 27.3 Å². The van der Waals surface area contributed by atoms with Gasteiger partial charge in [0.2, 0.25) is 5.91 Å². The monoisotopic (exact) mass is 332 g/mol. The third kappa shape index (κ3) is 3.18. The summed E-state index contributed by atoms with van der Waals surface area (Å²) in [6, 6.07) is 5.89. The number of benzene rings is 1. The molecule has 1 aromatic rings. The molecular weight excluding hydrogens is 315 g/mol. The molecule has 4 heteroatoms. The first kappa shape index (κ1) is 13.4. The van der Waals surface area contributed by atoms with Crippen molar-refractivity contribution < 1.29 is 4.79 Å². The Kier molecular flexibility index (Phi) is 4.32. The molecule has 0 radical (unpaired) electrons. The second-order valence-corrected chi connectivity index (χ2v) is 5.43. The van der Waals surface area contributed by atoms with E-state index in [0.29, 0.717) is 6.42 Å². The second-order valence-electron chi connectivity index (χ2n) is 4.18. The van der Waals surface area contributed by atoms with Crippen LogP contribution in [-0.4, -0.2) is 11.4 Å². The molecule has 3 N–H and O–H groups in total. The van der Waals surface area contributed by atoms with Gasteiger partial charge >= 0.3 is 0 Å². The molecule has 0 aliphatic carbocycles. The van der Waals surface area contributed by atoms with Crippen molar-refractivity contribution >= 4 is 34.2 Å². The number of nitrogens with two attached hydrogens (primary N) is 1. The smallest absolute Gasteiger partial charge is 0.244 e. The summed E-state index contributed by atoms with van der Waals surface area (Å²) in [4.78, 5) is 11.9. The van der Waals surface area contributed by atoms with Crippen molar-refractivity contribution in [3.8, 4) is 0 Å². The topological polar surface area (TPSA) is 55.1 Å². The number of nitrogens with one attached hydrogen (secondary N) is 1. The van der Waals surface area contributed by atoms with E-state index >= 15 is 0 Å². The van der Waals surface area contributed by atoms with Gasteiger partial charge in [-0.05, 0) is 66.6 Å². The quantitative estimate of drug-likeness (QED) is 0.836. The molecule has 3 nitrogen and oxygen atoms in total. The lowest BCUT2D eigenvalue weighted by atomic mass is 9.99. The van der Waals surface area contributed by atoms with Crippen molar-refractivity contribution in [1.29, 1.82) is 0 Å². The Morgan fingerprint density at radius 3 is 2.69 bits per heavy atom. The van der Waals surface area contributed by atoms with Crippen LogP contribution in [0.25, 0.3) is 0 Å². The Balaban J connectivity index is 2.85. The number of rotatable bonds is 3. The molecule has 1 atom stereocenters. The third-order valence-corrected chi connectivity index (χ3v) is 3.36. The highest BCUT2D eigenvalue weighted by Gasteiger charge is 2.26. The van der Waals surface area contributed by atoms with Gasteiger partial charge in [-0.2, -0.15) is 0 Å². The molecule has 1 rings (SSSR count). The summed E-state index contributed by atoms with van der Waals surface area (Å²) in [7, 11) is 0. The summed E-state index contributed by atoms with van der Waals surface area (Å²) < 4.78 is 1.15. The Morgan fingerprint density at radius 1 is 1.56 bits per heavy atom. The van der Waals surface area contributed by atoms with E-state index < -0.39 is 5.54 Å². The number of carbonyl (C=O) groups is 1. The molecule has 1 aromatic carbocycles. The van der Waals surface area contributed by atoms with Gasteiger partial charge in [-0.25, -0.2) is 0 Å². The Hall–Kier alpha value is -0.620. The van der Waals surface area contributed by atoms with Crippen LogP contribution in [0.3, 0.4) is 0 Å². The standard InChI is InChI=1S/C12H17IN2O/c1-4-12(3,14)11(16)15-10-6-5-9(13)7-8(10)2/h5-7H,4,14H2,1-3H3,(H,15,16). The maximum atomic E-state index is 11.9. The maximum Gasteiger partial charge on any atom is 0.244 e. The molecule has 0 heterocycles. The van der Waals surface area contributed by atoms with E-state index in [1.165, 1.54) is 0 Å². The number of anilines is 1. The molecule has 0 aromatic heterocycles. The SMILES string of the molecule is CCC(C)(N)C(=O)Nc1ccc(I)cc1C. The second kappa shape index (κ2) is 5.14. The van der Waals surface area contributed by atoms with Gasteiger partial charge in [-0.1, -0.05) is 6.92 Å². The average molecular weight is 332 g/mol. The Labute approximate surface area is 110 Å². The summed E-state index contributed by atoms with van der Waals surface area (Å²) in [5.74, 6) is -0.140. The zero-order chi connectivity index (χ0) is 12.3. The van der Waals surface area contributed by atoms with Gasteiger partial charge in [0.15, 0.2) is 0 Å². The molecule has 0 spiro atoms. The number of carbonyl (C=O) groups excluding carboxylic acids is 1. The molecule has 0 fully saturated rings. The minimum absolute atomic E-state index is 0.140. The van der Waals surface area contributed by atoms with Gasteiger partial charge in [0, 0.05) is 9.26 Å². The van der Waals surface area contributed by atoms with Crippen molar-refractivity contribution in [2.75, 3.05) is 5.32 Å². The van der Waals surface area contributed by atoms with Crippen LogP contribution in [0, 0.1) is 10.5 Å². The Morgan fingerprint density at radius 2 is 2.19 bits per heavy atom. The molecule has 0 saturated carbocycles. The van der Waals surface area contributed by atoms with Crippen LogP contribution in [0.2, 0.25) is 0 Å². The molecular formula is C12H17IN2O. The normalized spacial score (nSPS) is 14.3. The van der Waals surface area contributed by atoms with E-state index in [2.05, 4.69) is 27.9 Å². The van der Waals surface area contributed by atoms with Gasteiger partial charge in [0.05, 0.1) is 5.54 Å².